The van der Waals surface area contributed by atoms with Crippen LogP contribution in [0.25, 0.3) is 10.9 Å². The maximum Gasteiger partial charge on any atom is 0.240 e. The van der Waals surface area contributed by atoms with Crippen LogP contribution in [0, 0.1) is 17.2 Å². The van der Waals surface area contributed by atoms with Gasteiger partial charge in [-0.05, 0) is 129 Å². The number of nitrogens with zero attached hydrogens (tertiary/aromatic N) is 4. The minimum atomic E-state index is -1.18. The van der Waals surface area contributed by atoms with E-state index in [0.29, 0.717) is 89.6 Å². The summed E-state index contributed by atoms with van der Waals surface area (Å²) in [5.41, 5.74) is 2.02. The maximum atomic E-state index is 13.3. The third kappa shape index (κ3) is 9.74. The molecule has 5 aliphatic rings. The molecule has 15 nitrogen and oxygen atoms in total. The van der Waals surface area contributed by atoms with Gasteiger partial charge < -0.3 is 30.1 Å². The Balaban J connectivity index is 0.658. The monoisotopic (exact) mass is 923 g/mol. The van der Waals surface area contributed by atoms with E-state index in [-0.39, 0.29) is 35.9 Å². The lowest BCUT2D eigenvalue weighted by molar-refractivity contribution is -0.134. The van der Waals surface area contributed by atoms with E-state index in [1.54, 1.807) is 54.7 Å². The highest BCUT2D eigenvalue weighted by Gasteiger charge is 2.56. The van der Waals surface area contributed by atoms with E-state index in [9.17, 15) is 33.5 Å². The van der Waals surface area contributed by atoms with E-state index in [2.05, 4.69) is 35.6 Å². The van der Waals surface area contributed by atoms with Gasteiger partial charge in [0, 0.05) is 87.2 Å². The predicted octanol–water partition coefficient (Wildman–Crippen LogP) is 6.76. The molecular weight excluding hydrogens is 870 g/mol. The number of ketones is 1. The molecule has 0 radical (unpaired) electrons. The number of aromatic nitrogens is 1. The highest BCUT2D eigenvalue weighted by Crippen LogP contribution is 2.48. The van der Waals surface area contributed by atoms with Gasteiger partial charge in [0.15, 0.2) is 5.78 Å². The molecule has 5 aromatic rings. The highest BCUT2D eigenvalue weighted by atomic mass is 19.1. The zero-order valence-electron chi connectivity index (χ0n) is 37.6. The summed E-state index contributed by atoms with van der Waals surface area (Å²) < 4.78 is 25.3. The lowest BCUT2D eigenvalue weighted by Gasteiger charge is -2.39. The topological polar surface area (TPSA) is 183 Å². The van der Waals surface area contributed by atoms with Crippen LogP contribution in [-0.4, -0.2) is 107 Å². The smallest absolute Gasteiger partial charge is 0.240 e. The number of anilines is 3. The first-order chi connectivity index (χ1) is 33.0. The highest BCUT2D eigenvalue weighted by molar-refractivity contribution is 6.17. The number of benzene rings is 4. The lowest BCUT2D eigenvalue weighted by atomic mass is 9.90. The summed E-state index contributed by atoms with van der Waals surface area (Å²) in [6.07, 6.45) is 6.91. The minimum Gasteiger partial charge on any atom is -0.506 e. The van der Waals surface area contributed by atoms with Gasteiger partial charge in [0.1, 0.15) is 40.8 Å². The minimum absolute atomic E-state index is 0.00335. The number of hydrogen-bond donors (Lipinski definition) is 4. The molecule has 1 saturated carbocycles. The molecule has 4 amide bonds. The van der Waals surface area contributed by atoms with E-state index in [1.807, 2.05) is 18.2 Å². The van der Waals surface area contributed by atoms with Crippen molar-refractivity contribution in [3.05, 3.63) is 109 Å². The number of piperazine rings is 1. The average Bonchev–Trinajstić information content (AvgIpc) is 3.95. The van der Waals surface area contributed by atoms with Crippen LogP contribution < -0.4 is 30.3 Å². The van der Waals surface area contributed by atoms with Gasteiger partial charge in [0.25, 0.3) is 0 Å². The Morgan fingerprint density at radius 2 is 1.49 bits per heavy atom. The molecule has 5 heterocycles. The van der Waals surface area contributed by atoms with E-state index in [1.165, 1.54) is 24.3 Å². The number of imide groups is 1. The molecule has 16 heteroatoms. The van der Waals surface area contributed by atoms with Crippen molar-refractivity contribution in [3.8, 4) is 23.0 Å². The van der Waals surface area contributed by atoms with Gasteiger partial charge in [-0.25, -0.2) is 4.39 Å². The van der Waals surface area contributed by atoms with Gasteiger partial charge >= 0.3 is 0 Å². The number of amides is 4. The quantitative estimate of drug-likeness (QED) is 0.0604. The zero-order valence-corrected chi connectivity index (χ0v) is 37.6. The molecule has 2 bridgehead atoms. The first-order valence-electron chi connectivity index (χ1n) is 23.6. The molecule has 4 N–H and O–H groups in total. The number of hydrogen-bond acceptors (Lipinski definition) is 12. The van der Waals surface area contributed by atoms with Crippen LogP contribution in [0.2, 0.25) is 0 Å². The number of ether oxygens (including phenoxy) is 2. The number of likely N-dealkylation sites (tertiary alicyclic amines) is 2. The zero-order chi connectivity index (χ0) is 46.9. The fourth-order valence-corrected chi connectivity index (χ4v) is 10.3. The van der Waals surface area contributed by atoms with Crippen molar-refractivity contribution in [3.63, 3.8) is 0 Å². The van der Waals surface area contributed by atoms with Crippen molar-refractivity contribution in [1.29, 1.82) is 0 Å². The van der Waals surface area contributed by atoms with Crippen LogP contribution in [-0.2, 0) is 24.0 Å². The predicted molar refractivity (Wildman–Crippen MR) is 252 cm³/mol. The van der Waals surface area contributed by atoms with Crippen LogP contribution in [0.15, 0.2) is 97.2 Å². The number of carbonyl (C=O) groups excluding carboxylic acids is 5. The van der Waals surface area contributed by atoms with Crippen molar-refractivity contribution >= 4 is 57.4 Å². The molecule has 0 spiro atoms. The number of fused-ring (bicyclic) bond motifs is 3. The molecule has 1 aromatic heterocycles. The number of pyridine rings is 1. The number of nitrogens with one attached hydrogen (secondary N) is 3. The van der Waals surface area contributed by atoms with Gasteiger partial charge in [-0.2, -0.15) is 0 Å². The van der Waals surface area contributed by atoms with Crippen molar-refractivity contribution in [2.75, 3.05) is 61.4 Å². The van der Waals surface area contributed by atoms with Gasteiger partial charge in [-0.3, -0.25) is 44.1 Å². The average molecular weight is 924 g/mol. The summed E-state index contributed by atoms with van der Waals surface area (Å²) in [4.78, 5) is 74.6. The van der Waals surface area contributed by atoms with Gasteiger partial charge in [0.2, 0.25) is 23.6 Å². The van der Waals surface area contributed by atoms with Crippen molar-refractivity contribution in [2.45, 2.75) is 69.4 Å². The Bertz CT molecular complexity index is 2720. The van der Waals surface area contributed by atoms with E-state index in [0.717, 1.165) is 69.8 Å². The molecule has 1 unspecified atom stereocenters. The number of halogens is 1. The van der Waals surface area contributed by atoms with Crippen molar-refractivity contribution in [1.82, 2.24) is 20.1 Å². The molecule has 4 aromatic carbocycles. The molecule has 5 fully saturated rings. The second-order valence-electron chi connectivity index (χ2n) is 18.9. The SMILES string of the molecule is O=C(CCN1C[C@@H]2C[C@H]1CN2CC1CCN(c2cc3nccc(Oc4ccc(NC(=O)C5(C(=O)Nc6ccc(F)cc6)CC5)cc4)c3cc2O)CC1)COc1ccc(C2CCC(=O)NC2=O)cc1. The number of aromatic hydroxyl groups is 1. The van der Waals surface area contributed by atoms with Crippen LogP contribution in [0.4, 0.5) is 21.5 Å². The summed E-state index contributed by atoms with van der Waals surface area (Å²) in [5.74, 6) is 0.266. The lowest BCUT2D eigenvalue weighted by Crippen LogP contribution is -2.49. The fourth-order valence-electron chi connectivity index (χ4n) is 10.3. The maximum absolute atomic E-state index is 13.3. The van der Waals surface area contributed by atoms with Crippen LogP contribution in [0.3, 0.4) is 0 Å². The molecule has 4 saturated heterocycles. The Hall–Kier alpha value is -6.91. The number of phenolic OH excluding ortho intramolecular Hbond substituents is 1. The summed E-state index contributed by atoms with van der Waals surface area (Å²) in [6, 6.07) is 25.8. The Morgan fingerprint density at radius 1 is 0.824 bits per heavy atom. The van der Waals surface area contributed by atoms with Crippen molar-refractivity contribution in [2.24, 2.45) is 11.3 Å². The number of phenols is 1. The van der Waals surface area contributed by atoms with Crippen LogP contribution >= 0.6 is 0 Å². The van der Waals surface area contributed by atoms with Gasteiger partial charge in [0.05, 0.1) is 17.1 Å². The third-order valence-corrected chi connectivity index (χ3v) is 14.4. The molecule has 68 heavy (non-hydrogen) atoms. The standard InChI is InChI=1S/C52H54FN7O8/c53-34-3-5-35(6-4-34)55-50(65)52(19-20-52)51(66)56-36-7-11-41(12-8-36)68-47-15-21-54-44-27-45(46(62)26-43(44)47)58-22-16-32(17-23-58)28-60-30-37-25-38(60)29-59(37)24-18-39(61)31-67-40-9-1-33(2-10-40)42-13-14-48(63)57-49(42)64/h1-12,15,21,26-27,32,37-38,42,62H,13-14,16-20,22-25,28-31H2,(H,55,65)(H,56,66)(H,57,63,64)/t37-,38-,42?/m0/s1. The summed E-state index contributed by atoms with van der Waals surface area (Å²) >= 11 is 0. The fraction of sp³-hybridized carbons (Fsp3) is 0.385. The van der Waals surface area contributed by atoms with Crippen LogP contribution in [0.1, 0.15) is 62.8 Å². The normalized spacial score (nSPS) is 21.4. The summed E-state index contributed by atoms with van der Waals surface area (Å²) in [6.45, 7) is 5.41. The number of rotatable bonds is 16. The van der Waals surface area contributed by atoms with E-state index < -0.39 is 23.0 Å². The van der Waals surface area contributed by atoms with Gasteiger partial charge in [-0.15, -0.1) is 0 Å². The molecule has 4 aliphatic heterocycles. The number of piperidine rings is 2. The van der Waals surface area contributed by atoms with Crippen LogP contribution in [0.5, 0.6) is 23.0 Å². The second-order valence-corrected chi connectivity index (χ2v) is 18.9. The summed E-state index contributed by atoms with van der Waals surface area (Å²) in [7, 11) is 0. The van der Waals surface area contributed by atoms with E-state index >= 15 is 0 Å². The third-order valence-electron chi connectivity index (χ3n) is 14.4. The summed E-state index contributed by atoms with van der Waals surface area (Å²) in [5, 5.41) is 19.9. The largest absolute Gasteiger partial charge is 0.506 e. The first kappa shape index (κ1) is 44.9. The Labute approximate surface area is 393 Å². The first-order valence-corrected chi connectivity index (χ1v) is 23.6. The molecule has 10 rings (SSSR count). The number of Topliss-reactive ketones (excluding diaryl/α,β-unsaturated/α-hetero) is 1. The number of carbonyl (C=O) groups is 5. The second kappa shape index (κ2) is 19.0. The Morgan fingerprint density at radius 3 is 2.15 bits per heavy atom. The van der Waals surface area contributed by atoms with Crippen molar-refractivity contribution < 1.29 is 42.9 Å². The van der Waals surface area contributed by atoms with Gasteiger partial charge in [-0.1, -0.05) is 12.1 Å². The van der Waals surface area contributed by atoms with E-state index in [4.69, 9.17) is 9.47 Å². The molecule has 1 aliphatic carbocycles. The Kier molecular flexibility index (Phi) is 12.5. The molecular formula is C52H54FN7O8. The molecule has 3 atom stereocenters. The molecule has 352 valence electrons.